The van der Waals surface area contributed by atoms with Crippen LogP contribution in [0.15, 0.2) is 46.8 Å². The first kappa shape index (κ1) is 100. The molecule has 13 atom stereocenters. The van der Waals surface area contributed by atoms with E-state index in [-0.39, 0.29) is 121 Å². The number of aryl methyl sites for hydroxylation is 1. The van der Waals surface area contributed by atoms with Gasteiger partial charge in [-0.3, -0.25) is 76.8 Å². The Balaban J connectivity index is 1.96. The van der Waals surface area contributed by atoms with Gasteiger partial charge in [-0.05, 0) is 151 Å². The van der Waals surface area contributed by atoms with Crippen molar-refractivity contribution in [2.75, 3.05) is 71.5 Å². The van der Waals surface area contributed by atoms with Crippen molar-refractivity contribution in [1.82, 2.24) is 78.7 Å². The summed E-state index contributed by atoms with van der Waals surface area (Å²) in [6.45, 7) is 4.64. The van der Waals surface area contributed by atoms with Crippen molar-refractivity contribution in [3.8, 4) is 5.75 Å². The minimum atomic E-state index is -5.18. The predicted octanol–water partition coefficient (Wildman–Crippen LogP) is -6.37. The van der Waals surface area contributed by atoms with Crippen molar-refractivity contribution in [3.63, 3.8) is 0 Å². The number of likely N-dealkylation sites (N-methyl/N-ethyl adjacent to an activating group) is 1. The number of phosphoric ester groups is 1. The number of unbranched alkanes of at least 4 members (excludes halogenated alkanes) is 2. The van der Waals surface area contributed by atoms with Crippen LogP contribution in [-0.4, -0.2) is 268 Å². The van der Waals surface area contributed by atoms with E-state index in [1.165, 1.54) is 60.5 Å². The van der Waals surface area contributed by atoms with Gasteiger partial charge in [-0.2, -0.15) is 11.8 Å². The number of benzene rings is 1. The van der Waals surface area contributed by atoms with Crippen LogP contribution in [0.5, 0.6) is 5.75 Å². The number of imidazole rings is 1. The lowest BCUT2D eigenvalue weighted by molar-refractivity contribution is -0.141. The number of H-pyrrole nitrogens is 1. The Bertz CT molecular complexity index is 3590. The number of phenols is 1. The monoisotopic (exact) mass is 1680 g/mol. The van der Waals surface area contributed by atoms with Crippen molar-refractivity contribution in [3.05, 3.63) is 48.0 Å². The predicted molar refractivity (Wildman–Crippen MR) is 430 cm³/mol. The zero-order chi connectivity index (χ0) is 86.6. The number of aliphatic imine (C=N–C) groups is 2. The Morgan fingerprint density at radius 3 is 1.64 bits per heavy atom. The summed E-state index contributed by atoms with van der Waals surface area (Å²) in [4.78, 5) is 219. The van der Waals surface area contributed by atoms with Crippen LogP contribution >= 0.6 is 19.6 Å². The van der Waals surface area contributed by atoms with Crippen molar-refractivity contribution in [1.29, 1.82) is 0 Å². The maximum atomic E-state index is 14.7. The molecule has 0 saturated carbocycles. The van der Waals surface area contributed by atoms with Crippen LogP contribution in [0.2, 0.25) is 0 Å². The maximum absolute atomic E-state index is 14.7. The summed E-state index contributed by atoms with van der Waals surface area (Å²) < 4.78 is 16.4. The van der Waals surface area contributed by atoms with Gasteiger partial charge < -0.3 is 134 Å². The summed E-state index contributed by atoms with van der Waals surface area (Å²) in [5, 5.41) is 51.9. The van der Waals surface area contributed by atoms with E-state index in [1.807, 2.05) is 0 Å². The number of hydrogen-bond acceptors (Lipinski definition) is 24. The normalized spacial score (nSPS) is 15.7. The zero-order valence-corrected chi connectivity index (χ0v) is 68.4. The summed E-state index contributed by atoms with van der Waals surface area (Å²) >= 11 is 1.34. The number of carbonyl (C=O) groups is 13. The number of guanidine groups is 2. The number of aromatic amines is 1. The molecule has 652 valence electrons. The SMILES string of the molecule is CCC(C)[C@H](NC(=O)[C@@H](N)CCCN=C(N)N)C(=O)N[C@H](CCc1cnc[nH]1)C(=O)N[C@@H](CCSC)C(=O)N[C@H](C(=O)N[C@@H](Cc1ccc(O)cc1)C(=O)N[C@@H](CO)C(=O)N[C@@H](CCCCN)C(=O)N[C@H](CCCN=C(N)N)C(=O)N[C@@H](CCOP(=O)(O)O)C(=O)NCC(=O)N[C@@H](CCCCN)C(=O)N1CCC[C@@H]1C(=O)NC)C(C)C. The van der Waals surface area contributed by atoms with Gasteiger partial charge in [0, 0.05) is 51.4 Å². The first-order chi connectivity index (χ1) is 55.0. The first-order valence-corrected chi connectivity index (χ1v) is 41.6. The molecule has 1 unspecified atom stereocenters. The van der Waals surface area contributed by atoms with Crippen LogP contribution in [0, 0.1) is 11.8 Å². The minimum Gasteiger partial charge on any atom is -0.508 e. The Morgan fingerprint density at radius 1 is 0.621 bits per heavy atom. The van der Waals surface area contributed by atoms with Crippen LogP contribution in [0.4, 0.5) is 0 Å². The second-order valence-electron chi connectivity index (χ2n) is 28.3. The Labute approximate surface area is 678 Å². The largest absolute Gasteiger partial charge is 0.508 e. The maximum Gasteiger partial charge on any atom is 0.469 e. The van der Waals surface area contributed by atoms with Gasteiger partial charge in [0.15, 0.2) is 11.9 Å². The lowest BCUT2D eigenvalue weighted by atomic mass is 9.96. The van der Waals surface area contributed by atoms with Gasteiger partial charge >= 0.3 is 7.82 Å². The molecule has 0 spiro atoms. The second-order valence-corrected chi connectivity index (χ2v) is 30.5. The highest BCUT2D eigenvalue weighted by atomic mass is 32.2. The number of likely N-dealkylation sites (tertiary alicyclic amines) is 1. The van der Waals surface area contributed by atoms with E-state index < -0.39 is 195 Å². The molecule has 1 aliphatic heterocycles. The summed E-state index contributed by atoms with van der Waals surface area (Å²) in [6, 6.07) is -11.3. The fourth-order valence-electron chi connectivity index (χ4n) is 12.1. The Hall–Kier alpha value is -9.82. The van der Waals surface area contributed by atoms with Gasteiger partial charge in [0.05, 0.1) is 32.1 Å². The Morgan fingerprint density at radius 2 is 1.11 bits per heavy atom. The van der Waals surface area contributed by atoms with E-state index in [0.29, 0.717) is 55.5 Å². The number of thioether (sulfide) groups is 1. The van der Waals surface area contributed by atoms with Crippen molar-refractivity contribution >= 4 is 108 Å². The number of nitrogens with zero attached hydrogens (tertiary/aromatic N) is 4. The number of aliphatic hydroxyl groups is 1. The summed E-state index contributed by atoms with van der Waals surface area (Å²) in [5.74, 6) is -12.8. The Kier molecular flexibility index (Phi) is 46.2. The molecule has 1 fully saturated rings. The summed E-state index contributed by atoms with van der Waals surface area (Å²) in [6.07, 6.45) is 6.68. The average Bonchev–Trinajstić information content (AvgIpc) is 1.65. The number of amides is 13. The molecular formula is C71H123N24O19PS. The summed E-state index contributed by atoms with van der Waals surface area (Å²) in [5.41, 5.74) is 40.6. The van der Waals surface area contributed by atoms with Crippen LogP contribution in [0.3, 0.4) is 0 Å². The van der Waals surface area contributed by atoms with E-state index in [1.54, 1.807) is 34.0 Å². The highest BCUT2D eigenvalue weighted by molar-refractivity contribution is 7.98. The second kappa shape index (κ2) is 53.4. The van der Waals surface area contributed by atoms with E-state index in [9.17, 15) is 86.9 Å². The number of carbonyl (C=O) groups excluding carboxylic acids is 13. The van der Waals surface area contributed by atoms with E-state index in [2.05, 4.69) is 88.3 Å². The number of aromatic nitrogens is 2. The standard InChI is InChI=1S/C71H123N24O19PS/c1-7-41(4)57(94-58(99)45(74)15-12-30-81-70(75)76)68(109)90-48(25-22-43-36-80-39-84-43)62(103)89-50(27-34-116-6)63(104)93-56(40(2)3)67(108)91-52(35-42-20-23-44(97)24-21-42)64(105)92-53(38-96)65(106)87-46(16-8-10-28-72)60(101)86-47(18-13-31-82-71(77)78)61(102)88-49(26-33-114-115(111,112)113)59(100)83-37-55(98)85-51(17-9-11-29-73)69(110)95-32-14-19-54(95)66(107)79-5/h20-21,23-24,36,39-41,45-54,56-57,96-97H,7-19,22,25-35,37-38,72-74H2,1-6H3,(H,79,107)(H,80,84)(H,83,100)(H,85,98)(H,86,101)(H,87,106)(H,88,102)(H,89,103)(H,90,109)(H,91,108)(H,92,105)(H,93,104)(H,94,99)(H4,75,76,81)(H4,77,78,82)(H2,111,112,113)/t41?,45-,46-,47+,48+,49-,50-,51-,52-,53-,54+,56-,57-/m0/s1. The molecule has 13 amide bonds. The van der Waals surface area contributed by atoms with Crippen molar-refractivity contribution < 1.29 is 91.4 Å². The van der Waals surface area contributed by atoms with Gasteiger partial charge in [0.2, 0.25) is 76.8 Å². The van der Waals surface area contributed by atoms with Crippen LogP contribution in [-0.2, 0) is 84.3 Å². The molecule has 1 aromatic heterocycles. The molecular weight excluding hydrogens is 1560 g/mol. The summed E-state index contributed by atoms with van der Waals surface area (Å²) in [7, 11) is -3.76. The number of phosphoric acid groups is 1. The van der Waals surface area contributed by atoms with Gasteiger partial charge in [0.1, 0.15) is 72.2 Å². The minimum absolute atomic E-state index is 0.00376. The number of hydrogen-bond donors (Lipinski definition) is 24. The molecule has 2 heterocycles. The highest BCUT2D eigenvalue weighted by Crippen LogP contribution is 2.36. The number of rotatable bonds is 56. The van der Waals surface area contributed by atoms with Gasteiger partial charge in [0.25, 0.3) is 0 Å². The molecule has 0 bridgehead atoms. The van der Waals surface area contributed by atoms with Crippen LogP contribution < -0.4 is 104 Å². The van der Waals surface area contributed by atoms with Crippen LogP contribution in [0.25, 0.3) is 0 Å². The van der Waals surface area contributed by atoms with Crippen molar-refractivity contribution in [2.24, 2.45) is 62.0 Å². The smallest absolute Gasteiger partial charge is 0.469 e. The fourth-order valence-corrected chi connectivity index (χ4v) is 12.9. The molecule has 3 rings (SSSR count). The number of phenolic OH excluding ortho intramolecular Hbond substituents is 1. The lowest BCUT2D eigenvalue weighted by Crippen LogP contribution is -2.62. The molecule has 1 aromatic carbocycles. The van der Waals surface area contributed by atoms with Gasteiger partial charge in [-0.15, -0.1) is 0 Å². The lowest BCUT2D eigenvalue weighted by Gasteiger charge is -2.30. The fraction of sp³-hybridized carbons (Fsp3) is 0.662. The third-order valence-electron chi connectivity index (χ3n) is 18.8. The number of aromatic hydroxyl groups is 1. The molecule has 2 aromatic rings. The average molecular weight is 1680 g/mol. The van der Waals surface area contributed by atoms with Crippen molar-refractivity contribution in [2.45, 2.75) is 216 Å². The van der Waals surface area contributed by atoms with Gasteiger partial charge in [-0.1, -0.05) is 46.2 Å². The number of aliphatic hydroxyl groups excluding tert-OH is 1. The molecule has 0 aliphatic carbocycles. The topological polar surface area (TPSA) is 712 Å². The van der Waals surface area contributed by atoms with Gasteiger partial charge in [-0.25, -0.2) is 9.55 Å². The number of nitrogens with one attached hydrogen (secondary N) is 13. The van der Waals surface area contributed by atoms with E-state index in [0.717, 1.165) is 0 Å². The molecule has 1 aliphatic rings. The van der Waals surface area contributed by atoms with Crippen LogP contribution in [0.1, 0.15) is 142 Å². The first-order valence-electron chi connectivity index (χ1n) is 38.7. The third-order valence-corrected chi connectivity index (χ3v) is 20.0. The van der Waals surface area contributed by atoms with E-state index >= 15 is 0 Å². The zero-order valence-electron chi connectivity index (χ0n) is 66.7. The number of nitrogens with two attached hydrogens (primary N) is 7. The quantitative estimate of drug-likeness (QED) is 0.0127. The molecule has 116 heavy (non-hydrogen) atoms. The molecule has 0 radical (unpaired) electrons. The molecule has 45 heteroatoms. The third kappa shape index (κ3) is 37.4. The molecule has 31 N–H and O–H groups in total. The van der Waals surface area contributed by atoms with E-state index in [4.69, 9.17) is 40.1 Å². The molecule has 1 saturated heterocycles. The highest BCUT2D eigenvalue weighted by Gasteiger charge is 2.40. The molecule has 43 nitrogen and oxygen atoms in total.